The Hall–Kier alpha value is -5.79. The molecule has 4 N–H and O–H groups in total. The Bertz CT molecular complexity index is 3120. The highest BCUT2D eigenvalue weighted by atomic mass is 32.2. The average Bonchev–Trinajstić information content (AvgIpc) is 3.94. The largest absolute Gasteiger partial charge is 0.470 e. The number of aromatic nitrogens is 2. The molecule has 1 spiro atoms. The number of amides is 1. The third-order valence-corrected chi connectivity index (χ3v) is 20.2. The molecule has 17 nitrogen and oxygen atoms in total. The van der Waals surface area contributed by atoms with Crippen LogP contribution in [0.5, 0.6) is 5.88 Å². The second-order valence-corrected chi connectivity index (χ2v) is 25.8. The lowest BCUT2D eigenvalue weighted by Gasteiger charge is -2.77. The van der Waals surface area contributed by atoms with E-state index in [-0.39, 0.29) is 52.2 Å². The number of nitro benzene ring substituents is 1. The number of fused-ring (bicyclic) bond motifs is 3. The summed E-state index contributed by atoms with van der Waals surface area (Å²) in [5.74, 6) is 0.0812. The zero-order chi connectivity index (χ0) is 53.5. The number of anilines is 4. The van der Waals surface area contributed by atoms with Crippen LogP contribution in [0.1, 0.15) is 127 Å². The Morgan fingerprint density at radius 2 is 1.63 bits per heavy atom. The summed E-state index contributed by atoms with van der Waals surface area (Å²) in [5, 5.41) is 26.8. The number of hydrogen-bond acceptors (Lipinski definition) is 14. The summed E-state index contributed by atoms with van der Waals surface area (Å²) in [6.45, 7) is 21.2. The third kappa shape index (κ3) is 8.98. The van der Waals surface area contributed by atoms with E-state index in [4.69, 9.17) is 19.2 Å². The lowest BCUT2D eigenvalue weighted by molar-refractivity contribution is -0.384. The van der Waals surface area contributed by atoms with Crippen LogP contribution in [0.2, 0.25) is 0 Å². The fraction of sp³-hybridized carbons (Fsp3) is 0.552. The van der Waals surface area contributed by atoms with Gasteiger partial charge in [0.1, 0.15) is 23.1 Å². The minimum Gasteiger partial charge on any atom is -0.470 e. The molecule has 6 heterocycles. The van der Waals surface area contributed by atoms with Gasteiger partial charge in [0.05, 0.1) is 65.2 Å². The first-order chi connectivity index (χ1) is 36.2. The maximum Gasteiger partial charge on any atom is 0.293 e. The zero-order valence-electron chi connectivity index (χ0n) is 44.9. The highest BCUT2D eigenvalue weighted by Gasteiger charge is 2.73. The minimum atomic E-state index is -4.65. The molecule has 3 saturated heterocycles. The van der Waals surface area contributed by atoms with Crippen LogP contribution in [0.25, 0.3) is 11.0 Å². The molecule has 5 aromatic rings. The monoisotopic (exact) mass is 1060 g/mol. The van der Waals surface area contributed by atoms with E-state index in [9.17, 15) is 28.4 Å². The van der Waals surface area contributed by atoms with Crippen molar-refractivity contribution in [2.75, 3.05) is 67.7 Å². The smallest absolute Gasteiger partial charge is 0.293 e. The molecule has 2 saturated carbocycles. The van der Waals surface area contributed by atoms with Crippen molar-refractivity contribution < 1.29 is 37.5 Å². The highest BCUT2D eigenvalue weighted by molar-refractivity contribution is 7.90. The van der Waals surface area contributed by atoms with Gasteiger partial charge in [0.25, 0.3) is 21.6 Å². The van der Waals surface area contributed by atoms with Gasteiger partial charge >= 0.3 is 0 Å². The number of H-pyrrole nitrogens is 1. The molecule has 5 fully saturated rings. The molecule has 18 heteroatoms. The number of pyridine rings is 1. The molecule has 0 unspecified atom stereocenters. The summed E-state index contributed by atoms with van der Waals surface area (Å²) in [6, 6.07) is 22.1. The first-order valence-electron chi connectivity index (χ1n) is 27.3. The highest BCUT2D eigenvalue weighted by Crippen LogP contribution is 2.74. The van der Waals surface area contributed by atoms with Gasteiger partial charge in [-0.05, 0) is 127 Å². The van der Waals surface area contributed by atoms with Gasteiger partial charge < -0.3 is 39.4 Å². The van der Waals surface area contributed by atoms with E-state index in [0.717, 1.165) is 62.5 Å². The summed E-state index contributed by atoms with van der Waals surface area (Å²) in [4.78, 5) is 41.5. The number of aromatic amines is 1. The quantitative estimate of drug-likeness (QED) is 0.0679. The van der Waals surface area contributed by atoms with Gasteiger partial charge in [-0.15, -0.1) is 0 Å². The summed E-state index contributed by atoms with van der Waals surface area (Å²) in [5.41, 5.74) is 4.46. The molecular formula is C58H74N8O9S. The number of piperidine rings is 1. The second-order valence-electron chi connectivity index (χ2n) is 24.1. The van der Waals surface area contributed by atoms with Crippen molar-refractivity contribution in [3.05, 3.63) is 106 Å². The van der Waals surface area contributed by atoms with Crippen LogP contribution in [-0.4, -0.2) is 116 Å². The van der Waals surface area contributed by atoms with E-state index in [1.165, 1.54) is 23.3 Å². The van der Waals surface area contributed by atoms with Crippen molar-refractivity contribution in [1.29, 1.82) is 0 Å². The molecule has 1 amide bonds. The lowest BCUT2D eigenvalue weighted by atomic mass is 9.33. The van der Waals surface area contributed by atoms with Crippen molar-refractivity contribution in [2.45, 2.75) is 134 Å². The van der Waals surface area contributed by atoms with E-state index < -0.39 is 43.1 Å². The number of nitrogens with zero attached hydrogens (tertiary/aromatic N) is 5. The molecule has 76 heavy (non-hydrogen) atoms. The Balaban J connectivity index is 0.900. The summed E-state index contributed by atoms with van der Waals surface area (Å²) < 4.78 is 49.8. The van der Waals surface area contributed by atoms with E-state index in [2.05, 4.69) is 90.6 Å². The molecular weight excluding hydrogens is 985 g/mol. The van der Waals surface area contributed by atoms with Crippen LogP contribution in [0.15, 0.2) is 83.9 Å². The summed E-state index contributed by atoms with van der Waals surface area (Å²) >= 11 is 0. The SMILES string of the molecule is CC(C)c1ccccc1[C@H]1COCCN1C1C(C)(C)C2(CCN(c3ccc(C(=O)NS(=O)(=O)c4ccc(NC[C@H]5CC[C@](C)(O)CC5)c([N+](=O)[O-])c4)c(N4c5cc6cc[nH]c6nc5O[C@@H]5CCOC[C@H]54)c3)CC2)C1(C)C. The van der Waals surface area contributed by atoms with Crippen molar-refractivity contribution in [1.82, 2.24) is 19.6 Å². The van der Waals surface area contributed by atoms with E-state index in [1.807, 2.05) is 42.3 Å². The summed E-state index contributed by atoms with van der Waals surface area (Å²) in [7, 11) is -4.65. The number of hydrogen-bond donors (Lipinski definition) is 4. The van der Waals surface area contributed by atoms with Crippen molar-refractivity contribution >= 4 is 55.4 Å². The topological polar surface area (TPSA) is 205 Å². The predicted molar refractivity (Wildman–Crippen MR) is 293 cm³/mol. The standard InChI is InChI=1S/C58H74N8O9S/c1-36(2)41-10-8-9-11-42(41)48-34-74-29-27-64(48)54-55(3,4)58(56(54,5)6)22-25-63(26-23-58)39-12-14-43(45(31-39)65-47-30-38-18-24-59-51(38)61-53(47)75-50-19-28-73-35-49(50)65)52(67)62-76(71,72)40-13-15-44(46(32-40)66(69)70)60-33-37-16-20-57(7,68)21-17-37/h8-15,18,24,30-32,36-37,48-50,54,60,68H,16-17,19-23,25-29,33-35H2,1-7H3,(H,59,61)(H,62,67)/t37-,48-,49-,50-,57-/m1/s1. The van der Waals surface area contributed by atoms with Crippen LogP contribution >= 0.6 is 0 Å². The van der Waals surface area contributed by atoms with E-state index in [0.29, 0.717) is 80.5 Å². The van der Waals surface area contributed by atoms with Crippen molar-refractivity contribution in [3.63, 3.8) is 0 Å². The number of nitrogens with one attached hydrogen (secondary N) is 3. The molecule has 0 bridgehead atoms. The minimum absolute atomic E-state index is 0.0239. The molecule has 2 aromatic heterocycles. The zero-order valence-corrected chi connectivity index (χ0v) is 45.8. The van der Waals surface area contributed by atoms with Gasteiger partial charge in [0.15, 0.2) is 0 Å². The van der Waals surface area contributed by atoms with Gasteiger partial charge in [-0.1, -0.05) is 65.8 Å². The van der Waals surface area contributed by atoms with Crippen molar-refractivity contribution in [3.8, 4) is 5.88 Å². The number of benzene rings is 3. The van der Waals surface area contributed by atoms with Crippen LogP contribution in [-0.2, 0) is 19.5 Å². The predicted octanol–water partition coefficient (Wildman–Crippen LogP) is 9.85. The van der Waals surface area contributed by atoms with Crippen LogP contribution in [0.3, 0.4) is 0 Å². The maximum absolute atomic E-state index is 14.8. The number of nitro groups is 1. The van der Waals surface area contributed by atoms with Crippen LogP contribution in [0.4, 0.5) is 28.4 Å². The molecule has 11 rings (SSSR count). The second kappa shape index (κ2) is 19.6. The summed E-state index contributed by atoms with van der Waals surface area (Å²) in [6.07, 6.45) is 6.72. The van der Waals surface area contributed by atoms with Gasteiger partial charge in [0.2, 0.25) is 5.88 Å². The molecule has 0 radical (unpaired) electrons. The Morgan fingerprint density at radius 3 is 2.37 bits per heavy atom. The Labute approximate surface area is 446 Å². The number of sulfonamides is 1. The number of rotatable bonds is 12. The van der Waals surface area contributed by atoms with Gasteiger partial charge in [-0.25, -0.2) is 13.1 Å². The molecule has 3 atom stereocenters. The number of carbonyl (C=O) groups excluding carboxylic acids is 1. The van der Waals surface area contributed by atoms with Crippen LogP contribution < -0.4 is 24.6 Å². The first-order valence-corrected chi connectivity index (χ1v) is 28.8. The van der Waals surface area contributed by atoms with Crippen LogP contribution in [0, 0.1) is 32.3 Å². The number of ether oxygens (including phenoxy) is 3. The van der Waals surface area contributed by atoms with Crippen molar-refractivity contribution in [2.24, 2.45) is 22.2 Å². The molecule has 2 aliphatic carbocycles. The number of carbonyl (C=O) groups is 1. The number of aliphatic hydroxyl groups is 1. The van der Waals surface area contributed by atoms with Gasteiger partial charge in [-0.3, -0.25) is 19.8 Å². The number of morpholine rings is 1. The molecule has 4 aliphatic heterocycles. The third-order valence-electron chi connectivity index (χ3n) is 18.8. The van der Waals surface area contributed by atoms with E-state index >= 15 is 0 Å². The lowest BCUT2D eigenvalue weighted by Crippen LogP contribution is -2.78. The van der Waals surface area contributed by atoms with Gasteiger partial charge in [0, 0.05) is 62.0 Å². The molecule has 6 aliphatic rings. The fourth-order valence-electron chi connectivity index (χ4n) is 15.0. The Kier molecular flexibility index (Phi) is 13.5. The maximum atomic E-state index is 14.8. The first kappa shape index (κ1) is 52.3. The average molecular weight is 1060 g/mol. The molecule has 406 valence electrons. The van der Waals surface area contributed by atoms with Gasteiger partial charge in [-0.2, -0.15) is 4.98 Å². The Morgan fingerprint density at radius 1 is 0.895 bits per heavy atom. The van der Waals surface area contributed by atoms with E-state index in [1.54, 1.807) is 6.07 Å². The molecule has 3 aromatic carbocycles. The normalized spacial score (nSPS) is 26.3. The fourth-order valence-corrected chi connectivity index (χ4v) is 16.0.